The van der Waals surface area contributed by atoms with Gasteiger partial charge in [0.05, 0.1) is 18.8 Å². The summed E-state index contributed by atoms with van der Waals surface area (Å²) in [6.07, 6.45) is 0.726. The summed E-state index contributed by atoms with van der Waals surface area (Å²) in [5.74, 6) is -10.2. The van der Waals surface area contributed by atoms with Crippen molar-refractivity contribution in [2.45, 2.75) is 31.9 Å². The van der Waals surface area contributed by atoms with Gasteiger partial charge < -0.3 is 27.4 Å². The Balaban J connectivity index is 1.88. The number of nitrogens with two attached hydrogens (primary N) is 2. The van der Waals surface area contributed by atoms with Gasteiger partial charge in [-0.25, -0.2) is 4.98 Å². The second-order valence-electron chi connectivity index (χ2n) is 8.94. The number of nitrogens with zero attached hydrogens (tertiary/aromatic N) is 2. The first kappa shape index (κ1) is 30.4. The van der Waals surface area contributed by atoms with E-state index >= 15 is 0 Å². The number of alkyl halides is 2. The number of halogens is 2. The maximum Gasteiger partial charge on any atom is 0.383 e. The fraction of sp³-hybridized carbons (Fsp3) is 0.259. The molecule has 1 unspecified atom stereocenters. The van der Waals surface area contributed by atoms with Crippen molar-refractivity contribution in [2.24, 2.45) is 0 Å². The van der Waals surface area contributed by atoms with E-state index in [4.69, 9.17) is 11.5 Å². The van der Waals surface area contributed by atoms with Crippen LogP contribution in [-0.2, 0) is 32.1 Å². The van der Waals surface area contributed by atoms with E-state index in [0.717, 1.165) is 10.8 Å². The summed E-state index contributed by atoms with van der Waals surface area (Å²) in [6, 6.07) is 12.3. The fourth-order valence-electron chi connectivity index (χ4n) is 3.82. The van der Waals surface area contributed by atoms with Crippen molar-refractivity contribution in [3.8, 4) is 11.4 Å². The number of nitrogen functional groups attached to an aromatic ring is 2. The van der Waals surface area contributed by atoms with Crippen molar-refractivity contribution in [3.05, 3.63) is 76.7 Å². The zero-order chi connectivity index (χ0) is 30.2. The Hall–Kier alpha value is -5.14. The third-order valence-corrected chi connectivity index (χ3v) is 5.86. The molecule has 216 valence electrons. The number of benzene rings is 2. The number of rotatable bonds is 12. The van der Waals surface area contributed by atoms with Gasteiger partial charge in [0.1, 0.15) is 18.1 Å². The quantitative estimate of drug-likeness (QED) is 0.151. The number of Topliss-reactive ketones (excluding diaryl/α,β-unsaturated/α-hetero) is 1. The average molecular weight is 570 g/mol. The van der Waals surface area contributed by atoms with Crippen LogP contribution in [0.1, 0.15) is 12.5 Å². The molecule has 1 aromatic heterocycles. The number of aromatic nitrogens is 2. The highest BCUT2D eigenvalue weighted by molar-refractivity contribution is 6.11. The van der Waals surface area contributed by atoms with Crippen LogP contribution in [0.3, 0.4) is 0 Å². The molecule has 0 fully saturated rings. The largest absolute Gasteiger partial charge is 0.399 e. The van der Waals surface area contributed by atoms with Crippen molar-refractivity contribution in [1.82, 2.24) is 25.5 Å². The topological polar surface area (TPSA) is 191 Å². The normalized spacial score (nSPS) is 11.8. The molecule has 14 heteroatoms. The summed E-state index contributed by atoms with van der Waals surface area (Å²) in [5, 5.41) is 6.28. The molecule has 0 radical (unpaired) electrons. The lowest BCUT2D eigenvalue weighted by molar-refractivity contribution is -0.160. The molecule has 0 saturated carbocycles. The first-order valence-corrected chi connectivity index (χ1v) is 12.5. The highest BCUT2D eigenvalue weighted by atomic mass is 19.3. The van der Waals surface area contributed by atoms with Crippen LogP contribution < -0.4 is 33.0 Å². The maximum atomic E-state index is 15.0. The maximum absolute atomic E-state index is 15.0. The molecule has 0 bridgehead atoms. The summed E-state index contributed by atoms with van der Waals surface area (Å²) < 4.78 is 30.9. The van der Waals surface area contributed by atoms with Crippen molar-refractivity contribution in [1.29, 1.82) is 0 Å². The van der Waals surface area contributed by atoms with E-state index < -0.39 is 54.1 Å². The van der Waals surface area contributed by atoms with Crippen molar-refractivity contribution in [3.63, 3.8) is 0 Å². The Morgan fingerprint density at radius 1 is 0.976 bits per heavy atom. The van der Waals surface area contributed by atoms with Crippen LogP contribution in [0.5, 0.6) is 0 Å². The minimum absolute atomic E-state index is 0.0420. The Kier molecular flexibility index (Phi) is 9.85. The van der Waals surface area contributed by atoms with Gasteiger partial charge in [-0.1, -0.05) is 30.3 Å². The average Bonchev–Trinajstić information content (AvgIpc) is 2.95. The second kappa shape index (κ2) is 13.3. The highest BCUT2D eigenvalue weighted by Gasteiger charge is 2.50. The minimum Gasteiger partial charge on any atom is -0.399 e. The number of ketones is 1. The molecular weight excluding hydrogens is 540 g/mol. The molecule has 0 aliphatic rings. The van der Waals surface area contributed by atoms with Gasteiger partial charge in [-0.3, -0.25) is 28.5 Å². The first-order valence-electron chi connectivity index (χ1n) is 12.5. The number of amides is 3. The molecule has 2 aromatic carbocycles. The van der Waals surface area contributed by atoms with Crippen molar-refractivity contribution in [2.75, 3.05) is 24.6 Å². The molecule has 0 spiro atoms. The Bertz CT molecular complexity index is 1480. The molecule has 41 heavy (non-hydrogen) atoms. The van der Waals surface area contributed by atoms with E-state index in [9.17, 15) is 32.8 Å². The predicted octanol–water partition coefficient (Wildman–Crippen LogP) is 0.259. The Labute approximate surface area is 233 Å². The van der Waals surface area contributed by atoms with Crippen LogP contribution >= 0.6 is 0 Å². The monoisotopic (exact) mass is 569 g/mol. The Morgan fingerprint density at radius 3 is 2.27 bits per heavy atom. The molecular formula is C27H29F2N7O5. The fourth-order valence-corrected chi connectivity index (χ4v) is 3.82. The number of hydrogen-bond donors (Lipinski definition) is 5. The second-order valence-corrected chi connectivity index (χ2v) is 8.94. The van der Waals surface area contributed by atoms with Gasteiger partial charge in [0, 0.05) is 24.2 Å². The molecule has 3 aromatic rings. The van der Waals surface area contributed by atoms with Gasteiger partial charge in [0.2, 0.25) is 17.6 Å². The lowest BCUT2D eigenvalue weighted by Gasteiger charge is -2.23. The summed E-state index contributed by atoms with van der Waals surface area (Å²) in [4.78, 5) is 66.8. The number of likely N-dealkylation sites (N-methyl/N-ethyl adjacent to an activating group) is 1. The molecule has 12 nitrogen and oxygen atoms in total. The van der Waals surface area contributed by atoms with Gasteiger partial charge >= 0.3 is 5.92 Å². The summed E-state index contributed by atoms with van der Waals surface area (Å²) in [5.41, 5.74) is 11.6. The molecule has 3 rings (SSSR count). The van der Waals surface area contributed by atoms with Crippen LogP contribution in [0.15, 0.2) is 65.6 Å². The van der Waals surface area contributed by atoms with Gasteiger partial charge in [0.25, 0.3) is 11.5 Å². The third kappa shape index (κ3) is 7.71. The number of carbonyl (C=O) groups excluding carboxylic acids is 4. The summed E-state index contributed by atoms with van der Waals surface area (Å²) in [6.45, 7) is 0.302. The van der Waals surface area contributed by atoms with Crippen molar-refractivity contribution >= 4 is 34.9 Å². The molecule has 3 amide bonds. The van der Waals surface area contributed by atoms with Gasteiger partial charge in [0.15, 0.2) is 0 Å². The lowest BCUT2D eigenvalue weighted by Crippen LogP contribution is -2.56. The summed E-state index contributed by atoms with van der Waals surface area (Å²) in [7, 11) is 0. The molecule has 7 N–H and O–H groups in total. The van der Waals surface area contributed by atoms with Gasteiger partial charge in [-0.05, 0) is 36.8 Å². The van der Waals surface area contributed by atoms with E-state index in [1.54, 1.807) is 66.8 Å². The molecule has 1 atom stereocenters. The standard InChI is InChI=1S/C27H29F2N7O5/c1-2-32-21(37)14-34-26(41)27(28,29)23(39)20(12-16-6-4-3-5-7-16)35-22(38)15-36-24(33-13-19(31)25(36)40)17-8-10-18(30)11-9-17/h3-11,13,20H,2,12,14-15,30-31H2,1H3,(H,32,37)(H,34,41)(H,35,38). The number of carbonyl (C=O) groups is 4. The molecule has 1 heterocycles. The SMILES string of the molecule is CCNC(=O)CNC(=O)C(F)(F)C(=O)C(Cc1ccccc1)NC(=O)Cn1c(-c2ccc(N)cc2)ncc(N)c1=O. The van der Waals surface area contributed by atoms with Crippen LogP contribution in [0, 0.1) is 0 Å². The minimum atomic E-state index is -4.59. The van der Waals surface area contributed by atoms with Gasteiger partial charge in [-0.15, -0.1) is 0 Å². The van der Waals surface area contributed by atoms with E-state index in [-0.39, 0.29) is 24.5 Å². The molecule has 0 aliphatic heterocycles. The highest BCUT2D eigenvalue weighted by Crippen LogP contribution is 2.21. The van der Waals surface area contributed by atoms with E-state index in [1.165, 1.54) is 0 Å². The predicted molar refractivity (Wildman–Crippen MR) is 146 cm³/mol. The smallest absolute Gasteiger partial charge is 0.383 e. The number of hydrogen-bond acceptors (Lipinski definition) is 8. The summed E-state index contributed by atoms with van der Waals surface area (Å²) >= 11 is 0. The van der Waals surface area contributed by atoms with Crippen LogP contribution in [0.4, 0.5) is 20.2 Å². The van der Waals surface area contributed by atoms with E-state index in [2.05, 4.69) is 15.6 Å². The first-order chi connectivity index (χ1) is 19.4. The lowest BCUT2D eigenvalue weighted by atomic mass is 9.98. The van der Waals surface area contributed by atoms with Gasteiger partial charge in [-0.2, -0.15) is 8.78 Å². The third-order valence-electron chi connectivity index (χ3n) is 5.86. The zero-order valence-electron chi connectivity index (χ0n) is 22.0. The number of nitrogens with one attached hydrogen (secondary N) is 3. The van der Waals surface area contributed by atoms with E-state index in [0.29, 0.717) is 16.8 Å². The molecule has 0 saturated heterocycles. The molecule has 0 aliphatic carbocycles. The zero-order valence-corrected chi connectivity index (χ0v) is 22.0. The van der Waals surface area contributed by atoms with Crippen LogP contribution in [0.25, 0.3) is 11.4 Å². The van der Waals surface area contributed by atoms with E-state index in [1.807, 2.05) is 0 Å². The number of anilines is 2. The van der Waals surface area contributed by atoms with Crippen LogP contribution in [-0.4, -0.2) is 58.1 Å². The van der Waals surface area contributed by atoms with Crippen molar-refractivity contribution < 1.29 is 28.0 Å². The Morgan fingerprint density at radius 2 is 1.63 bits per heavy atom. The van der Waals surface area contributed by atoms with Crippen LogP contribution in [0.2, 0.25) is 0 Å².